The Morgan fingerprint density at radius 1 is 1.27 bits per heavy atom. The molecule has 5 nitrogen and oxygen atoms in total. The van der Waals surface area contributed by atoms with Crippen LogP contribution in [0.5, 0.6) is 0 Å². The number of pyridine rings is 1. The van der Waals surface area contributed by atoms with Crippen LogP contribution in [0.2, 0.25) is 0 Å². The monoisotopic (exact) mass is 305 g/mol. The van der Waals surface area contributed by atoms with E-state index in [0.717, 1.165) is 38.5 Å². The van der Waals surface area contributed by atoms with Crippen molar-refractivity contribution in [2.75, 3.05) is 0 Å². The fourth-order valence-electron chi connectivity index (χ4n) is 2.53. The van der Waals surface area contributed by atoms with Crippen LogP contribution < -0.4 is 0 Å². The number of aryl methyl sites for hydroxylation is 1. The Morgan fingerprint density at radius 3 is 2.95 bits per heavy atom. The number of benzene rings is 1. The van der Waals surface area contributed by atoms with Gasteiger partial charge in [0.25, 0.3) is 0 Å². The van der Waals surface area contributed by atoms with E-state index >= 15 is 0 Å². The summed E-state index contributed by atoms with van der Waals surface area (Å²) >= 11 is 1.64. The number of imidazole rings is 1. The molecule has 0 aliphatic rings. The summed E-state index contributed by atoms with van der Waals surface area (Å²) in [7, 11) is 0. The van der Waals surface area contributed by atoms with E-state index in [1.165, 1.54) is 0 Å². The van der Waals surface area contributed by atoms with E-state index in [9.17, 15) is 0 Å². The smallest absolute Gasteiger partial charge is 0.113 e. The number of fused-ring (bicyclic) bond motifs is 3. The van der Waals surface area contributed by atoms with Crippen LogP contribution in [0.25, 0.3) is 21.9 Å². The maximum atomic E-state index is 9.07. The van der Waals surface area contributed by atoms with E-state index in [0.29, 0.717) is 12.0 Å². The summed E-state index contributed by atoms with van der Waals surface area (Å²) < 4.78 is 0. The molecule has 0 saturated carbocycles. The molecule has 106 valence electrons. The van der Waals surface area contributed by atoms with Gasteiger partial charge in [-0.2, -0.15) is 5.26 Å². The second-order valence-electron chi connectivity index (χ2n) is 5.08. The van der Waals surface area contributed by atoms with Gasteiger partial charge in [0, 0.05) is 17.2 Å². The zero-order chi connectivity index (χ0) is 15.1. The van der Waals surface area contributed by atoms with Crippen molar-refractivity contribution in [1.29, 1.82) is 5.26 Å². The van der Waals surface area contributed by atoms with Crippen molar-refractivity contribution in [3.8, 4) is 6.07 Å². The number of hydrogen-bond acceptors (Lipinski definition) is 5. The molecule has 0 bridgehead atoms. The molecule has 0 aliphatic carbocycles. The maximum Gasteiger partial charge on any atom is 0.113 e. The Hall–Kier alpha value is -2.78. The Kier molecular flexibility index (Phi) is 2.88. The normalized spacial score (nSPS) is 11.1. The zero-order valence-electron chi connectivity index (χ0n) is 11.8. The van der Waals surface area contributed by atoms with Crippen molar-refractivity contribution >= 4 is 33.3 Å². The lowest BCUT2D eigenvalue weighted by Gasteiger charge is -1.98. The van der Waals surface area contributed by atoms with E-state index in [-0.39, 0.29) is 0 Å². The molecule has 22 heavy (non-hydrogen) atoms. The second kappa shape index (κ2) is 4.90. The number of thiazole rings is 1. The predicted octanol–water partition coefficient (Wildman–Crippen LogP) is 3.34. The van der Waals surface area contributed by atoms with Gasteiger partial charge in [-0.3, -0.25) is 4.98 Å². The molecule has 0 unspecified atom stereocenters. The molecule has 3 heterocycles. The van der Waals surface area contributed by atoms with Gasteiger partial charge < -0.3 is 4.98 Å². The average molecular weight is 305 g/mol. The van der Waals surface area contributed by atoms with Crippen LogP contribution in [0, 0.1) is 18.3 Å². The molecule has 0 atom stereocenters. The summed E-state index contributed by atoms with van der Waals surface area (Å²) in [5.41, 5.74) is 4.21. The van der Waals surface area contributed by atoms with Crippen molar-refractivity contribution in [3.05, 3.63) is 51.9 Å². The molecule has 0 saturated heterocycles. The minimum atomic E-state index is 0.619. The lowest BCUT2D eigenvalue weighted by atomic mass is 10.1. The molecular formula is C16H11N5S. The van der Waals surface area contributed by atoms with Gasteiger partial charge in [0.1, 0.15) is 11.3 Å². The van der Waals surface area contributed by atoms with E-state index < -0.39 is 0 Å². The Morgan fingerprint density at radius 2 is 2.18 bits per heavy atom. The van der Waals surface area contributed by atoms with Gasteiger partial charge in [0.05, 0.1) is 39.6 Å². The summed E-state index contributed by atoms with van der Waals surface area (Å²) in [6.45, 7) is 1.99. The van der Waals surface area contributed by atoms with Crippen molar-refractivity contribution < 1.29 is 0 Å². The highest BCUT2D eigenvalue weighted by Crippen LogP contribution is 2.23. The van der Waals surface area contributed by atoms with Gasteiger partial charge in [0.2, 0.25) is 0 Å². The van der Waals surface area contributed by atoms with E-state index in [1.54, 1.807) is 23.6 Å². The molecule has 1 N–H and O–H groups in total. The minimum absolute atomic E-state index is 0.619. The van der Waals surface area contributed by atoms with Gasteiger partial charge in [-0.1, -0.05) is 0 Å². The summed E-state index contributed by atoms with van der Waals surface area (Å²) in [5, 5.41) is 13.1. The van der Waals surface area contributed by atoms with E-state index in [4.69, 9.17) is 5.26 Å². The van der Waals surface area contributed by atoms with Crippen molar-refractivity contribution in [3.63, 3.8) is 0 Å². The molecule has 0 amide bonds. The van der Waals surface area contributed by atoms with Crippen LogP contribution >= 0.6 is 11.3 Å². The summed E-state index contributed by atoms with van der Waals surface area (Å²) in [6, 6.07) is 7.64. The Labute approximate surface area is 130 Å². The molecule has 6 heteroatoms. The number of aromatic nitrogens is 4. The summed E-state index contributed by atoms with van der Waals surface area (Å²) in [6.07, 6.45) is 2.43. The van der Waals surface area contributed by atoms with Crippen LogP contribution in [-0.2, 0) is 6.42 Å². The van der Waals surface area contributed by atoms with Gasteiger partial charge in [-0.05, 0) is 25.1 Å². The highest BCUT2D eigenvalue weighted by molar-refractivity contribution is 7.09. The third kappa shape index (κ3) is 2.12. The first kappa shape index (κ1) is 12.9. The lowest BCUT2D eigenvalue weighted by molar-refractivity contribution is 0.992. The van der Waals surface area contributed by atoms with Crippen LogP contribution in [0.1, 0.15) is 22.1 Å². The summed E-state index contributed by atoms with van der Waals surface area (Å²) in [4.78, 5) is 16.8. The largest absolute Gasteiger partial charge is 0.341 e. The predicted molar refractivity (Wildman–Crippen MR) is 85.8 cm³/mol. The fraction of sp³-hybridized carbons (Fsp3) is 0.125. The van der Waals surface area contributed by atoms with Crippen LogP contribution in [0.15, 0.2) is 29.8 Å². The van der Waals surface area contributed by atoms with Crippen molar-refractivity contribution in [1.82, 2.24) is 19.9 Å². The van der Waals surface area contributed by atoms with Gasteiger partial charge >= 0.3 is 0 Å². The average Bonchev–Trinajstić information content (AvgIpc) is 3.12. The number of rotatable bonds is 2. The number of aromatic amines is 1. The minimum Gasteiger partial charge on any atom is -0.341 e. The first-order valence-electron chi connectivity index (χ1n) is 6.81. The number of nitrogens with zero attached hydrogens (tertiary/aromatic N) is 4. The molecular weight excluding hydrogens is 294 g/mol. The SMILES string of the molecule is Cc1nc(Cc2nc3cnc4ccc(C#N)cc4c3[nH]2)cs1. The van der Waals surface area contributed by atoms with Crippen molar-refractivity contribution in [2.45, 2.75) is 13.3 Å². The molecule has 1 aromatic carbocycles. The fourth-order valence-corrected chi connectivity index (χ4v) is 3.14. The van der Waals surface area contributed by atoms with E-state index in [2.05, 4.69) is 26.0 Å². The van der Waals surface area contributed by atoms with Gasteiger partial charge in [-0.25, -0.2) is 9.97 Å². The molecule has 0 radical (unpaired) electrons. The highest BCUT2D eigenvalue weighted by atomic mass is 32.1. The standard InChI is InChI=1S/C16H11N5S/c1-9-19-11(8-22-9)5-15-20-14-7-18-13-3-2-10(6-17)4-12(13)16(14)21-15/h2-4,7-8H,5H2,1H3,(H,20,21). The number of nitrogens with one attached hydrogen (secondary N) is 1. The third-order valence-electron chi connectivity index (χ3n) is 3.52. The highest BCUT2D eigenvalue weighted by Gasteiger charge is 2.10. The molecule has 0 fully saturated rings. The number of hydrogen-bond donors (Lipinski definition) is 1. The quantitative estimate of drug-likeness (QED) is 0.616. The van der Waals surface area contributed by atoms with Crippen LogP contribution in [-0.4, -0.2) is 19.9 Å². The molecule has 0 aliphatic heterocycles. The van der Waals surface area contributed by atoms with Crippen molar-refractivity contribution in [2.24, 2.45) is 0 Å². The maximum absolute atomic E-state index is 9.07. The summed E-state index contributed by atoms with van der Waals surface area (Å²) in [5.74, 6) is 0.858. The van der Waals surface area contributed by atoms with Crippen LogP contribution in [0.3, 0.4) is 0 Å². The number of nitriles is 1. The first-order chi connectivity index (χ1) is 10.7. The molecule has 4 aromatic rings. The third-order valence-corrected chi connectivity index (χ3v) is 4.34. The zero-order valence-corrected chi connectivity index (χ0v) is 12.6. The van der Waals surface area contributed by atoms with Gasteiger partial charge in [0.15, 0.2) is 0 Å². The Balaban J connectivity index is 1.85. The lowest BCUT2D eigenvalue weighted by Crippen LogP contribution is -1.90. The molecule has 0 spiro atoms. The van der Waals surface area contributed by atoms with E-state index in [1.807, 2.05) is 24.4 Å². The topological polar surface area (TPSA) is 78.2 Å². The van der Waals surface area contributed by atoms with Gasteiger partial charge in [-0.15, -0.1) is 11.3 Å². The van der Waals surface area contributed by atoms with Crippen LogP contribution in [0.4, 0.5) is 0 Å². The molecule has 3 aromatic heterocycles. The first-order valence-corrected chi connectivity index (χ1v) is 7.69. The number of H-pyrrole nitrogens is 1. The second-order valence-corrected chi connectivity index (χ2v) is 6.14. The Bertz CT molecular complexity index is 1040. The molecule has 4 rings (SSSR count).